The van der Waals surface area contributed by atoms with Crippen LogP contribution in [0.2, 0.25) is 0 Å². The van der Waals surface area contributed by atoms with Gasteiger partial charge in [-0.15, -0.1) is 0 Å². The highest BCUT2D eigenvalue weighted by atomic mass is 16.4. The van der Waals surface area contributed by atoms with Crippen LogP contribution in [-0.2, 0) is 65.6 Å². The van der Waals surface area contributed by atoms with Crippen LogP contribution in [0.5, 0.6) is 0 Å². The van der Waals surface area contributed by atoms with E-state index in [4.69, 9.17) is 5.73 Å². The zero-order valence-electron chi connectivity index (χ0n) is 36.7. The molecule has 0 aromatic heterocycles. The van der Waals surface area contributed by atoms with Crippen LogP contribution in [0.4, 0.5) is 0 Å². The van der Waals surface area contributed by atoms with Crippen LogP contribution in [0, 0.1) is 0 Å². The Kier molecular flexibility index (Phi) is 23.0. The van der Waals surface area contributed by atoms with Crippen LogP contribution in [0.15, 0.2) is 60.7 Å². The Bertz CT molecular complexity index is 2070. The Hall–Kier alpha value is -7.51. The van der Waals surface area contributed by atoms with E-state index in [0.29, 0.717) is 11.1 Å². The third-order valence-electron chi connectivity index (χ3n) is 9.69. The Labute approximate surface area is 383 Å². The molecule has 15 N–H and O–H groups in total. The molecular weight excluding hydrogens is 887 g/mol. The summed E-state index contributed by atoms with van der Waals surface area (Å²) in [5, 5.41) is 66.3. The second-order valence-electron chi connectivity index (χ2n) is 15.2. The Morgan fingerprint density at radius 3 is 1.46 bits per heavy atom. The van der Waals surface area contributed by atoms with Crippen molar-refractivity contribution in [3.8, 4) is 0 Å². The maximum atomic E-state index is 13.9. The normalized spacial score (nSPS) is 14.8. The molecule has 0 spiro atoms. The minimum absolute atomic E-state index is 0.196. The van der Waals surface area contributed by atoms with Crippen molar-refractivity contribution in [1.82, 2.24) is 42.5 Å². The maximum Gasteiger partial charge on any atom is 0.326 e. The van der Waals surface area contributed by atoms with Crippen molar-refractivity contribution >= 4 is 65.2 Å². The molecule has 366 valence electrons. The van der Waals surface area contributed by atoms with Crippen LogP contribution in [0.1, 0.15) is 51.2 Å². The number of hydrogen-bond acceptors (Lipinski definition) is 14. The number of nitrogens with two attached hydrogens (primary N) is 1. The molecule has 0 heterocycles. The topological polar surface area (TPSA) is 411 Å². The van der Waals surface area contributed by atoms with Gasteiger partial charge in [-0.25, -0.2) is 4.79 Å². The predicted octanol–water partition coefficient (Wildman–Crippen LogP) is -4.85. The van der Waals surface area contributed by atoms with Crippen molar-refractivity contribution in [2.24, 2.45) is 5.73 Å². The first-order valence-electron chi connectivity index (χ1n) is 20.7. The van der Waals surface area contributed by atoms with E-state index in [1.165, 1.54) is 20.8 Å². The van der Waals surface area contributed by atoms with Crippen molar-refractivity contribution in [2.75, 3.05) is 13.2 Å². The van der Waals surface area contributed by atoms with Crippen molar-refractivity contribution in [2.45, 2.75) is 107 Å². The molecule has 0 saturated carbocycles. The molecule has 0 bridgehead atoms. The number of carbonyl (C=O) groups excluding carboxylic acids is 8. The largest absolute Gasteiger partial charge is 0.481 e. The number of carbonyl (C=O) groups is 11. The zero-order chi connectivity index (χ0) is 50.4. The van der Waals surface area contributed by atoms with E-state index in [-0.39, 0.29) is 12.8 Å². The molecule has 25 nitrogen and oxygen atoms in total. The van der Waals surface area contributed by atoms with E-state index in [2.05, 4.69) is 42.5 Å². The van der Waals surface area contributed by atoms with Crippen LogP contribution in [0.25, 0.3) is 0 Å². The highest BCUT2D eigenvalue weighted by Gasteiger charge is 2.34. The number of aliphatic hydroxyl groups excluding tert-OH is 2. The van der Waals surface area contributed by atoms with E-state index < -0.39 is 152 Å². The van der Waals surface area contributed by atoms with Gasteiger partial charge in [0.05, 0.1) is 25.7 Å². The van der Waals surface area contributed by atoms with Gasteiger partial charge in [-0.05, 0) is 38.3 Å². The van der Waals surface area contributed by atoms with Crippen molar-refractivity contribution in [3.05, 3.63) is 71.8 Å². The number of rotatable bonds is 28. The van der Waals surface area contributed by atoms with Crippen LogP contribution in [0.3, 0.4) is 0 Å². The van der Waals surface area contributed by atoms with E-state index in [0.717, 1.165) is 0 Å². The summed E-state index contributed by atoms with van der Waals surface area (Å²) in [5.74, 6) is -12.8. The van der Waals surface area contributed by atoms with Gasteiger partial charge in [0.25, 0.3) is 0 Å². The first-order chi connectivity index (χ1) is 31.5. The quantitative estimate of drug-likeness (QED) is 0.0380. The molecule has 2 aromatic rings. The van der Waals surface area contributed by atoms with Gasteiger partial charge in [0.1, 0.15) is 48.3 Å². The fourth-order valence-electron chi connectivity index (χ4n) is 5.88. The summed E-state index contributed by atoms with van der Waals surface area (Å²) in [6, 6.07) is 3.48. The van der Waals surface area contributed by atoms with Crippen molar-refractivity contribution in [3.63, 3.8) is 0 Å². The lowest BCUT2D eigenvalue weighted by Crippen LogP contribution is -2.60. The molecule has 0 aliphatic heterocycles. The van der Waals surface area contributed by atoms with Gasteiger partial charge in [0, 0.05) is 19.3 Å². The smallest absolute Gasteiger partial charge is 0.326 e. The number of amides is 8. The predicted molar refractivity (Wildman–Crippen MR) is 232 cm³/mol. The molecular formula is C42H57N9O16. The number of aliphatic carboxylic acids is 3. The summed E-state index contributed by atoms with van der Waals surface area (Å²) in [4.78, 5) is 140. The molecule has 0 aliphatic carbocycles. The van der Waals surface area contributed by atoms with Gasteiger partial charge >= 0.3 is 17.9 Å². The van der Waals surface area contributed by atoms with Gasteiger partial charge in [0.2, 0.25) is 47.3 Å². The van der Waals surface area contributed by atoms with Crippen molar-refractivity contribution in [1.29, 1.82) is 0 Å². The highest BCUT2D eigenvalue weighted by molar-refractivity contribution is 5.98. The second kappa shape index (κ2) is 27.7. The van der Waals surface area contributed by atoms with E-state index >= 15 is 0 Å². The Balaban J connectivity index is 2.23. The molecule has 2 rings (SSSR count). The molecule has 67 heavy (non-hydrogen) atoms. The van der Waals surface area contributed by atoms with Crippen LogP contribution >= 0.6 is 0 Å². The fourth-order valence-corrected chi connectivity index (χ4v) is 5.88. The summed E-state index contributed by atoms with van der Waals surface area (Å²) < 4.78 is 0. The summed E-state index contributed by atoms with van der Waals surface area (Å²) in [6.45, 7) is 2.08. The third kappa shape index (κ3) is 20.0. The Morgan fingerprint density at radius 2 is 0.955 bits per heavy atom. The fraction of sp³-hybridized carbons (Fsp3) is 0.452. The number of hydrogen-bond donors (Lipinski definition) is 14. The van der Waals surface area contributed by atoms with Crippen molar-refractivity contribution < 1.29 is 78.3 Å². The summed E-state index contributed by atoms with van der Waals surface area (Å²) in [7, 11) is 0. The minimum Gasteiger partial charge on any atom is -0.481 e. The molecule has 0 saturated heterocycles. The average molecular weight is 944 g/mol. The number of carboxylic acids is 3. The van der Waals surface area contributed by atoms with E-state index in [1.807, 2.05) is 0 Å². The molecule has 0 unspecified atom stereocenters. The summed E-state index contributed by atoms with van der Waals surface area (Å²) in [6.07, 6.45) is -4.08. The van der Waals surface area contributed by atoms with Crippen LogP contribution in [-0.4, -0.2) is 158 Å². The van der Waals surface area contributed by atoms with E-state index in [9.17, 15) is 78.3 Å². The maximum absolute atomic E-state index is 13.9. The lowest BCUT2D eigenvalue weighted by Gasteiger charge is -2.26. The average Bonchev–Trinajstić information content (AvgIpc) is 3.27. The number of nitrogens with one attached hydrogen (secondary N) is 8. The zero-order valence-corrected chi connectivity index (χ0v) is 36.7. The van der Waals surface area contributed by atoms with Crippen LogP contribution < -0.4 is 48.3 Å². The third-order valence-corrected chi connectivity index (χ3v) is 9.69. The number of carboxylic acid groups (broad SMARTS) is 3. The monoisotopic (exact) mass is 943 g/mol. The standard InChI is InChI=1S/C42H57N9O16/c1-21(45-31(54)19-44-41(65)34(43)23(3)53)35(59)46-22(2)36(60)51-30(20-52)40(64)48-27(16-24-10-6-4-7-11-24)38(62)49-28(18-33(57)58)39(63)47-26(14-15-32(55)56)37(61)50-29(42(66)67)17-25-12-8-5-9-13-25/h4-13,21-23,26-30,34,52-53H,14-20,43H2,1-3H3,(H,44,65)(H,45,54)(H,46,59)(H,47,63)(H,48,64)(H,49,62)(H,50,61)(H,51,60)(H,55,56)(H,57,58)(H,66,67)/t21-,22-,23+,26-,27-,28-,29-,30-,34-/m0/s1. The van der Waals surface area contributed by atoms with Gasteiger partial charge in [-0.2, -0.15) is 0 Å². The van der Waals surface area contributed by atoms with Gasteiger partial charge in [-0.1, -0.05) is 60.7 Å². The molecule has 8 amide bonds. The highest BCUT2D eigenvalue weighted by Crippen LogP contribution is 2.09. The summed E-state index contributed by atoms with van der Waals surface area (Å²) >= 11 is 0. The lowest BCUT2D eigenvalue weighted by atomic mass is 10.0. The first-order valence-corrected chi connectivity index (χ1v) is 20.7. The molecule has 9 atom stereocenters. The van der Waals surface area contributed by atoms with Gasteiger partial charge < -0.3 is 73.8 Å². The number of benzene rings is 2. The molecule has 2 aromatic carbocycles. The van der Waals surface area contributed by atoms with Gasteiger partial charge in [0.15, 0.2) is 0 Å². The van der Waals surface area contributed by atoms with E-state index in [1.54, 1.807) is 60.7 Å². The number of aliphatic hydroxyl groups is 2. The molecule has 0 radical (unpaired) electrons. The minimum atomic E-state index is -1.97. The first kappa shape index (κ1) is 55.6. The Morgan fingerprint density at radius 1 is 0.522 bits per heavy atom. The molecule has 0 fully saturated rings. The molecule has 0 aliphatic rings. The summed E-state index contributed by atoms with van der Waals surface area (Å²) in [5.41, 5.74) is 6.45. The molecule has 25 heteroatoms. The second-order valence-corrected chi connectivity index (χ2v) is 15.2. The lowest BCUT2D eigenvalue weighted by molar-refractivity contribution is -0.143. The SMILES string of the molecule is C[C@H](NC(=O)CNC(=O)[C@@H](N)[C@@H](C)O)C(=O)N[C@@H](C)C(=O)N[C@@H](CO)C(=O)N[C@@H](Cc1ccccc1)C(=O)N[C@@H](CC(=O)O)C(=O)N[C@@H](CCC(=O)O)C(=O)N[C@@H](Cc1ccccc1)C(=O)O. The van der Waals surface area contributed by atoms with Gasteiger partial charge in [-0.3, -0.25) is 47.9 Å².